The van der Waals surface area contributed by atoms with Gasteiger partial charge in [0.15, 0.2) is 5.78 Å². The molecule has 0 aliphatic carbocycles. The first-order valence-corrected chi connectivity index (χ1v) is 3.85. The number of rotatable bonds is 3. The average Bonchev–Trinajstić information content (AvgIpc) is 2.15. The molecule has 0 unspecified atom stereocenters. The summed E-state index contributed by atoms with van der Waals surface area (Å²) in [4.78, 5) is 10.6. The minimum absolute atomic E-state index is 0.0126. The van der Waals surface area contributed by atoms with E-state index in [-0.39, 0.29) is 12.4 Å². The molecule has 0 N–H and O–H groups in total. The number of ether oxygens (including phenoxy) is 1. The Bertz CT molecular complexity index is 352. The Morgan fingerprint density at radius 2 is 2.23 bits per heavy atom. The van der Waals surface area contributed by atoms with Gasteiger partial charge in [-0.05, 0) is 19.1 Å². The van der Waals surface area contributed by atoms with E-state index in [1.807, 2.05) is 6.07 Å². The fourth-order valence-corrected chi connectivity index (χ4v) is 0.864. The van der Waals surface area contributed by atoms with Gasteiger partial charge in [-0.25, -0.2) is 0 Å². The quantitative estimate of drug-likeness (QED) is 0.699. The molecule has 0 saturated heterocycles. The molecule has 1 aromatic rings. The summed E-state index contributed by atoms with van der Waals surface area (Å²) in [5, 5.41) is 8.67. The fourth-order valence-electron chi connectivity index (χ4n) is 0.864. The first kappa shape index (κ1) is 9.27. The Morgan fingerprint density at radius 1 is 1.54 bits per heavy atom. The van der Waals surface area contributed by atoms with Crippen LogP contribution in [0.3, 0.4) is 0 Å². The van der Waals surface area contributed by atoms with Gasteiger partial charge in [0.1, 0.15) is 18.4 Å². The van der Waals surface area contributed by atoms with Gasteiger partial charge in [-0.3, -0.25) is 4.79 Å². The van der Waals surface area contributed by atoms with Crippen molar-refractivity contribution in [3.8, 4) is 11.8 Å². The van der Waals surface area contributed by atoms with Crippen molar-refractivity contribution < 1.29 is 9.53 Å². The van der Waals surface area contributed by atoms with Crippen molar-refractivity contribution in [2.45, 2.75) is 6.92 Å². The third-order valence-electron chi connectivity index (χ3n) is 1.44. The van der Waals surface area contributed by atoms with Gasteiger partial charge in [0.05, 0.1) is 5.56 Å². The van der Waals surface area contributed by atoms with E-state index in [2.05, 4.69) is 0 Å². The summed E-state index contributed by atoms with van der Waals surface area (Å²) in [5.74, 6) is 0.396. The number of carbonyl (C=O) groups is 1. The van der Waals surface area contributed by atoms with Crippen LogP contribution in [0.25, 0.3) is 0 Å². The zero-order valence-corrected chi connectivity index (χ0v) is 7.28. The summed E-state index contributed by atoms with van der Waals surface area (Å²) in [6.07, 6.45) is 0. The molecule has 0 atom stereocenters. The summed E-state index contributed by atoms with van der Waals surface area (Å²) in [7, 11) is 0. The van der Waals surface area contributed by atoms with E-state index in [0.29, 0.717) is 11.3 Å². The van der Waals surface area contributed by atoms with Crippen LogP contribution >= 0.6 is 0 Å². The number of nitrogens with zero attached hydrogens (tertiary/aromatic N) is 1. The van der Waals surface area contributed by atoms with Crippen molar-refractivity contribution in [1.82, 2.24) is 0 Å². The van der Waals surface area contributed by atoms with Crippen LogP contribution in [0.5, 0.6) is 5.75 Å². The van der Waals surface area contributed by atoms with Gasteiger partial charge < -0.3 is 4.74 Å². The summed E-state index contributed by atoms with van der Waals surface area (Å²) < 4.78 is 5.12. The highest BCUT2D eigenvalue weighted by molar-refractivity contribution is 5.77. The van der Waals surface area contributed by atoms with Crippen LogP contribution in [0, 0.1) is 11.3 Å². The van der Waals surface area contributed by atoms with E-state index < -0.39 is 0 Å². The van der Waals surface area contributed by atoms with Gasteiger partial charge in [-0.15, -0.1) is 0 Å². The number of para-hydroxylation sites is 1. The van der Waals surface area contributed by atoms with Gasteiger partial charge in [0.25, 0.3) is 0 Å². The zero-order chi connectivity index (χ0) is 9.68. The van der Waals surface area contributed by atoms with E-state index in [4.69, 9.17) is 10.00 Å². The highest BCUT2D eigenvalue weighted by atomic mass is 16.5. The van der Waals surface area contributed by atoms with Crippen LogP contribution in [0.1, 0.15) is 12.5 Å². The maximum atomic E-state index is 10.6. The normalized spacial score (nSPS) is 8.92. The maximum absolute atomic E-state index is 10.6. The number of hydrogen-bond donors (Lipinski definition) is 0. The van der Waals surface area contributed by atoms with Crippen LogP contribution in [0.15, 0.2) is 24.3 Å². The van der Waals surface area contributed by atoms with E-state index in [1.54, 1.807) is 24.3 Å². The molecule has 1 rings (SSSR count). The largest absolute Gasteiger partial charge is 0.484 e. The second-order valence-electron chi connectivity index (χ2n) is 2.60. The molecule has 66 valence electrons. The van der Waals surface area contributed by atoms with Gasteiger partial charge in [0, 0.05) is 0 Å². The molecule has 3 nitrogen and oxygen atoms in total. The summed E-state index contributed by atoms with van der Waals surface area (Å²) in [5.41, 5.74) is 0.448. The number of ketones is 1. The SMILES string of the molecule is CC(=O)COc1ccccc1C#N. The van der Waals surface area contributed by atoms with Crippen molar-refractivity contribution in [2.24, 2.45) is 0 Å². The van der Waals surface area contributed by atoms with Gasteiger partial charge in [-0.2, -0.15) is 5.26 Å². The maximum Gasteiger partial charge on any atom is 0.167 e. The van der Waals surface area contributed by atoms with Gasteiger partial charge in [-0.1, -0.05) is 12.1 Å². The Hall–Kier alpha value is -1.82. The topological polar surface area (TPSA) is 50.1 Å². The van der Waals surface area contributed by atoms with Crippen molar-refractivity contribution in [3.63, 3.8) is 0 Å². The fraction of sp³-hybridized carbons (Fsp3) is 0.200. The number of nitriles is 1. The molecular weight excluding hydrogens is 166 g/mol. The third kappa shape index (κ3) is 2.60. The number of Topliss-reactive ketones (excluding diaryl/α,β-unsaturated/α-hetero) is 1. The minimum atomic E-state index is -0.0623. The van der Waals surface area contributed by atoms with Crippen molar-refractivity contribution in [2.75, 3.05) is 6.61 Å². The zero-order valence-electron chi connectivity index (χ0n) is 7.28. The second kappa shape index (κ2) is 4.27. The van der Waals surface area contributed by atoms with Crippen molar-refractivity contribution in [3.05, 3.63) is 29.8 Å². The molecule has 13 heavy (non-hydrogen) atoms. The van der Waals surface area contributed by atoms with E-state index in [9.17, 15) is 4.79 Å². The summed E-state index contributed by atoms with van der Waals surface area (Å²) >= 11 is 0. The number of carbonyl (C=O) groups excluding carboxylic acids is 1. The highest BCUT2D eigenvalue weighted by Crippen LogP contribution is 2.15. The second-order valence-corrected chi connectivity index (χ2v) is 2.60. The lowest BCUT2D eigenvalue weighted by molar-refractivity contribution is -0.118. The molecule has 0 radical (unpaired) electrons. The Morgan fingerprint density at radius 3 is 2.85 bits per heavy atom. The lowest BCUT2D eigenvalue weighted by atomic mass is 10.2. The average molecular weight is 175 g/mol. The Labute approximate surface area is 76.6 Å². The molecule has 0 heterocycles. The van der Waals surface area contributed by atoms with E-state index in [0.717, 1.165) is 0 Å². The van der Waals surface area contributed by atoms with E-state index >= 15 is 0 Å². The molecule has 0 aliphatic heterocycles. The van der Waals surface area contributed by atoms with Crippen LogP contribution < -0.4 is 4.74 Å². The summed E-state index contributed by atoms with van der Waals surface area (Å²) in [6, 6.07) is 8.81. The van der Waals surface area contributed by atoms with Crippen LogP contribution in [-0.2, 0) is 4.79 Å². The Balaban J connectivity index is 2.77. The number of hydrogen-bond acceptors (Lipinski definition) is 3. The van der Waals surface area contributed by atoms with Crippen LogP contribution in [0.4, 0.5) is 0 Å². The smallest absolute Gasteiger partial charge is 0.167 e. The predicted molar refractivity (Wildman–Crippen MR) is 47.3 cm³/mol. The highest BCUT2D eigenvalue weighted by Gasteiger charge is 2.01. The first-order chi connectivity index (χ1) is 6.24. The molecule has 0 bridgehead atoms. The molecule has 0 spiro atoms. The molecule has 3 heteroatoms. The lowest BCUT2D eigenvalue weighted by Crippen LogP contribution is -2.07. The third-order valence-corrected chi connectivity index (χ3v) is 1.44. The van der Waals surface area contributed by atoms with Gasteiger partial charge in [0.2, 0.25) is 0 Å². The first-order valence-electron chi connectivity index (χ1n) is 3.85. The molecule has 0 amide bonds. The van der Waals surface area contributed by atoms with E-state index in [1.165, 1.54) is 6.92 Å². The number of benzene rings is 1. The van der Waals surface area contributed by atoms with Crippen molar-refractivity contribution in [1.29, 1.82) is 5.26 Å². The molecule has 1 aromatic carbocycles. The Kier molecular flexibility index (Phi) is 3.04. The van der Waals surface area contributed by atoms with Crippen LogP contribution in [-0.4, -0.2) is 12.4 Å². The van der Waals surface area contributed by atoms with Gasteiger partial charge >= 0.3 is 0 Å². The molecular formula is C10H9NO2. The molecule has 0 saturated carbocycles. The van der Waals surface area contributed by atoms with Crippen molar-refractivity contribution >= 4 is 5.78 Å². The predicted octanol–water partition coefficient (Wildman–Crippen LogP) is 1.53. The minimum Gasteiger partial charge on any atom is -0.484 e. The molecule has 0 aromatic heterocycles. The molecule has 0 aliphatic rings. The standard InChI is InChI=1S/C10H9NO2/c1-8(12)7-13-10-5-3-2-4-9(10)6-11/h2-5H,7H2,1H3. The lowest BCUT2D eigenvalue weighted by Gasteiger charge is -2.04. The summed E-state index contributed by atoms with van der Waals surface area (Å²) in [6.45, 7) is 1.45. The van der Waals surface area contributed by atoms with Crippen LogP contribution in [0.2, 0.25) is 0 Å². The molecule has 0 fully saturated rings. The monoisotopic (exact) mass is 175 g/mol.